The molecule has 2 aromatic rings. The third-order valence-electron chi connectivity index (χ3n) is 4.62. The van der Waals surface area contributed by atoms with Gasteiger partial charge in [0.1, 0.15) is 25.4 Å². The summed E-state index contributed by atoms with van der Waals surface area (Å²) in [6, 6.07) is 5.99. The van der Waals surface area contributed by atoms with Crippen molar-refractivity contribution in [3.8, 4) is 23.0 Å². The Labute approximate surface area is 189 Å². The van der Waals surface area contributed by atoms with Crippen LogP contribution >= 0.6 is 11.6 Å². The Morgan fingerprint density at radius 3 is 2.66 bits per heavy atom. The van der Waals surface area contributed by atoms with Crippen molar-refractivity contribution >= 4 is 23.2 Å². The molecule has 32 heavy (non-hydrogen) atoms. The van der Waals surface area contributed by atoms with E-state index in [1.807, 2.05) is 0 Å². The lowest BCUT2D eigenvalue weighted by atomic mass is 10.1. The first-order valence-corrected chi connectivity index (χ1v) is 10.2. The summed E-state index contributed by atoms with van der Waals surface area (Å²) in [4.78, 5) is 23.6. The predicted octanol–water partition coefficient (Wildman–Crippen LogP) is 3.03. The van der Waals surface area contributed by atoms with Crippen molar-refractivity contribution in [1.82, 2.24) is 5.32 Å². The summed E-state index contributed by atoms with van der Waals surface area (Å²) in [5, 5.41) is 14.7. The van der Waals surface area contributed by atoms with Crippen molar-refractivity contribution < 1.29 is 33.4 Å². The fraction of sp³-hybridized carbons (Fsp3) is 0.381. The number of methoxy groups -OCH3 is 2. The highest BCUT2D eigenvalue weighted by molar-refractivity contribution is 6.32. The number of nitrogens with one attached hydrogen (secondary N) is 1. The standard InChI is InChI=1S/C21H23ClN2O8/c1-28-5-6-30-18-12-16(24(26)27)14(11-17(18)29-2)21(25)23-4-3-13-9-15(22)20-19(10-13)31-7-8-32-20/h9-12H,3-8H2,1-2H3,(H,23,25). The predicted molar refractivity (Wildman–Crippen MR) is 115 cm³/mol. The van der Waals surface area contributed by atoms with Gasteiger partial charge in [-0.1, -0.05) is 11.6 Å². The number of nitro benzene ring substituents is 1. The lowest BCUT2D eigenvalue weighted by molar-refractivity contribution is -0.385. The number of carbonyl (C=O) groups excluding carboxylic acids is 1. The van der Waals surface area contributed by atoms with E-state index in [2.05, 4.69) is 5.32 Å². The molecule has 1 N–H and O–H groups in total. The Hall–Kier alpha value is -3.24. The third-order valence-corrected chi connectivity index (χ3v) is 4.90. The number of benzene rings is 2. The summed E-state index contributed by atoms with van der Waals surface area (Å²) in [5.74, 6) is 0.798. The Bertz CT molecular complexity index is 998. The maximum atomic E-state index is 12.7. The molecule has 0 radical (unpaired) electrons. The van der Waals surface area contributed by atoms with Gasteiger partial charge in [-0.05, 0) is 24.1 Å². The zero-order valence-corrected chi connectivity index (χ0v) is 18.4. The molecule has 0 saturated heterocycles. The number of nitro groups is 1. The van der Waals surface area contributed by atoms with Crippen LogP contribution in [-0.2, 0) is 11.2 Å². The molecule has 0 bridgehead atoms. The molecule has 2 aromatic carbocycles. The van der Waals surface area contributed by atoms with Gasteiger partial charge in [-0.15, -0.1) is 0 Å². The SMILES string of the molecule is COCCOc1cc([N+](=O)[O-])c(C(=O)NCCc2cc(Cl)c3c(c2)OCCO3)cc1OC. The van der Waals surface area contributed by atoms with Crippen LogP contribution in [0.3, 0.4) is 0 Å². The van der Waals surface area contributed by atoms with Gasteiger partial charge < -0.3 is 29.0 Å². The highest BCUT2D eigenvalue weighted by Gasteiger charge is 2.25. The number of fused-ring (bicyclic) bond motifs is 1. The maximum Gasteiger partial charge on any atom is 0.286 e. The van der Waals surface area contributed by atoms with Gasteiger partial charge in [0.25, 0.3) is 11.6 Å². The van der Waals surface area contributed by atoms with Crippen molar-refractivity contribution in [3.05, 3.63) is 50.5 Å². The van der Waals surface area contributed by atoms with E-state index in [1.54, 1.807) is 12.1 Å². The molecule has 3 rings (SSSR count). The monoisotopic (exact) mass is 466 g/mol. The molecule has 0 spiro atoms. The summed E-state index contributed by atoms with van der Waals surface area (Å²) < 4.78 is 26.6. The molecular weight excluding hydrogens is 444 g/mol. The molecule has 0 unspecified atom stereocenters. The van der Waals surface area contributed by atoms with Crippen LogP contribution in [0, 0.1) is 10.1 Å². The van der Waals surface area contributed by atoms with E-state index in [0.717, 1.165) is 5.56 Å². The van der Waals surface area contributed by atoms with Gasteiger partial charge in [0.15, 0.2) is 23.0 Å². The first-order chi connectivity index (χ1) is 15.4. The number of carbonyl (C=O) groups is 1. The van der Waals surface area contributed by atoms with Crippen LogP contribution < -0.4 is 24.3 Å². The van der Waals surface area contributed by atoms with Gasteiger partial charge in [0.05, 0.1) is 29.7 Å². The average Bonchev–Trinajstić information content (AvgIpc) is 2.78. The minimum atomic E-state index is -0.641. The van der Waals surface area contributed by atoms with Crippen LogP contribution in [0.25, 0.3) is 0 Å². The first kappa shape index (κ1) is 23.4. The maximum absolute atomic E-state index is 12.7. The van der Waals surface area contributed by atoms with E-state index in [9.17, 15) is 14.9 Å². The van der Waals surface area contributed by atoms with Gasteiger partial charge in [-0.2, -0.15) is 0 Å². The van der Waals surface area contributed by atoms with E-state index < -0.39 is 16.5 Å². The second-order valence-corrected chi connectivity index (χ2v) is 7.13. The van der Waals surface area contributed by atoms with E-state index in [1.165, 1.54) is 26.4 Å². The minimum Gasteiger partial charge on any atom is -0.493 e. The molecule has 1 heterocycles. The molecule has 1 aliphatic heterocycles. The highest BCUT2D eigenvalue weighted by Crippen LogP contribution is 2.38. The van der Waals surface area contributed by atoms with Crippen LogP contribution in [-0.4, -0.2) is 58.0 Å². The van der Waals surface area contributed by atoms with Crippen LogP contribution in [0.1, 0.15) is 15.9 Å². The number of ether oxygens (including phenoxy) is 5. The smallest absolute Gasteiger partial charge is 0.286 e. The lowest BCUT2D eigenvalue weighted by Crippen LogP contribution is -2.26. The summed E-state index contributed by atoms with van der Waals surface area (Å²) in [5.41, 5.74) is 0.303. The van der Waals surface area contributed by atoms with Crippen LogP contribution in [0.5, 0.6) is 23.0 Å². The van der Waals surface area contributed by atoms with Crippen LogP contribution in [0.2, 0.25) is 5.02 Å². The molecule has 0 aliphatic carbocycles. The number of amides is 1. The molecule has 10 nitrogen and oxygen atoms in total. The summed E-state index contributed by atoms with van der Waals surface area (Å²) in [6.07, 6.45) is 0.436. The number of nitrogens with zero attached hydrogens (tertiary/aromatic N) is 1. The molecule has 11 heteroatoms. The highest BCUT2D eigenvalue weighted by atomic mass is 35.5. The van der Waals surface area contributed by atoms with Crippen LogP contribution in [0.4, 0.5) is 5.69 Å². The van der Waals surface area contributed by atoms with Gasteiger partial charge in [-0.3, -0.25) is 14.9 Å². The van der Waals surface area contributed by atoms with E-state index in [0.29, 0.717) is 42.8 Å². The normalized spacial score (nSPS) is 12.2. The summed E-state index contributed by atoms with van der Waals surface area (Å²) >= 11 is 6.23. The van der Waals surface area contributed by atoms with Crippen molar-refractivity contribution in [2.75, 3.05) is 47.2 Å². The second kappa shape index (κ2) is 10.9. The Balaban J connectivity index is 1.71. The number of hydrogen-bond acceptors (Lipinski definition) is 8. The summed E-state index contributed by atoms with van der Waals surface area (Å²) in [7, 11) is 2.90. The number of halogens is 1. The average molecular weight is 467 g/mol. The van der Waals surface area contributed by atoms with Gasteiger partial charge in [0, 0.05) is 19.7 Å². The molecule has 0 fully saturated rings. The Kier molecular flexibility index (Phi) is 7.96. The Morgan fingerprint density at radius 1 is 1.16 bits per heavy atom. The van der Waals surface area contributed by atoms with Crippen molar-refractivity contribution in [1.29, 1.82) is 0 Å². The van der Waals surface area contributed by atoms with Gasteiger partial charge in [0.2, 0.25) is 0 Å². The van der Waals surface area contributed by atoms with E-state index in [4.69, 9.17) is 35.3 Å². The second-order valence-electron chi connectivity index (χ2n) is 6.73. The number of rotatable bonds is 10. The minimum absolute atomic E-state index is 0.133. The Morgan fingerprint density at radius 2 is 1.94 bits per heavy atom. The quantitative estimate of drug-likeness (QED) is 0.322. The number of hydrogen-bond donors (Lipinski definition) is 1. The third kappa shape index (κ3) is 5.51. The van der Waals surface area contributed by atoms with Crippen molar-refractivity contribution in [3.63, 3.8) is 0 Å². The fourth-order valence-corrected chi connectivity index (χ4v) is 3.40. The molecule has 1 amide bonds. The first-order valence-electron chi connectivity index (χ1n) is 9.79. The van der Waals surface area contributed by atoms with Crippen molar-refractivity contribution in [2.24, 2.45) is 0 Å². The molecule has 0 saturated carbocycles. The summed E-state index contributed by atoms with van der Waals surface area (Å²) in [6.45, 7) is 1.55. The fourth-order valence-electron chi connectivity index (χ4n) is 3.11. The van der Waals surface area contributed by atoms with E-state index >= 15 is 0 Å². The van der Waals surface area contributed by atoms with Crippen LogP contribution in [0.15, 0.2) is 24.3 Å². The zero-order chi connectivity index (χ0) is 23.1. The molecule has 0 atom stereocenters. The molecular formula is C21H23ClN2O8. The topological polar surface area (TPSA) is 118 Å². The van der Waals surface area contributed by atoms with E-state index in [-0.39, 0.29) is 30.2 Å². The van der Waals surface area contributed by atoms with Crippen molar-refractivity contribution in [2.45, 2.75) is 6.42 Å². The zero-order valence-electron chi connectivity index (χ0n) is 17.6. The lowest BCUT2D eigenvalue weighted by Gasteiger charge is -2.20. The largest absolute Gasteiger partial charge is 0.493 e. The van der Waals surface area contributed by atoms with Gasteiger partial charge >= 0.3 is 0 Å². The molecule has 0 aromatic heterocycles. The van der Waals surface area contributed by atoms with Gasteiger partial charge in [-0.25, -0.2) is 0 Å². The molecule has 172 valence electrons. The molecule has 1 aliphatic rings.